The summed E-state index contributed by atoms with van der Waals surface area (Å²) >= 11 is 0. The van der Waals surface area contributed by atoms with Gasteiger partial charge >= 0.3 is 0 Å². The summed E-state index contributed by atoms with van der Waals surface area (Å²) in [4.78, 5) is 2.26. The van der Waals surface area contributed by atoms with Crippen LogP contribution in [-0.4, -0.2) is 29.1 Å². The molecule has 1 aromatic carbocycles. The SMILES string of the molecule is CCC(C)N1CCC(O)(c2c(F)cccc2F)CC1. The molecule has 0 spiro atoms. The van der Waals surface area contributed by atoms with Crippen molar-refractivity contribution in [3.05, 3.63) is 35.4 Å². The molecule has 106 valence electrons. The van der Waals surface area contributed by atoms with Crippen LogP contribution in [0.25, 0.3) is 0 Å². The second-order valence-electron chi connectivity index (χ2n) is 5.42. The number of halogens is 2. The second-order valence-corrected chi connectivity index (χ2v) is 5.42. The highest BCUT2D eigenvalue weighted by Gasteiger charge is 2.38. The first-order valence-electron chi connectivity index (χ1n) is 6.89. The summed E-state index contributed by atoms with van der Waals surface area (Å²) in [5.41, 5.74) is -1.54. The molecule has 0 aromatic heterocycles. The minimum Gasteiger partial charge on any atom is -0.385 e. The monoisotopic (exact) mass is 269 g/mol. The Labute approximate surface area is 113 Å². The molecule has 0 aliphatic carbocycles. The third kappa shape index (κ3) is 2.79. The molecule has 19 heavy (non-hydrogen) atoms. The fourth-order valence-corrected chi connectivity index (χ4v) is 2.79. The summed E-state index contributed by atoms with van der Waals surface area (Å²) in [6, 6.07) is 4.18. The lowest BCUT2D eigenvalue weighted by atomic mass is 9.83. The summed E-state index contributed by atoms with van der Waals surface area (Å²) < 4.78 is 27.6. The quantitative estimate of drug-likeness (QED) is 0.911. The van der Waals surface area contributed by atoms with E-state index in [4.69, 9.17) is 0 Å². The molecule has 2 rings (SSSR count). The van der Waals surface area contributed by atoms with Crippen LogP contribution in [-0.2, 0) is 5.60 Å². The van der Waals surface area contributed by atoms with Crippen LogP contribution in [0.5, 0.6) is 0 Å². The zero-order valence-electron chi connectivity index (χ0n) is 11.5. The van der Waals surface area contributed by atoms with E-state index in [-0.39, 0.29) is 5.56 Å². The number of aliphatic hydroxyl groups is 1. The Morgan fingerprint density at radius 1 is 1.26 bits per heavy atom. The highest BCUT2D eigenvalue weighted by Crippen LogP contribution is 2.36. The molecule has 1 aromatic rings. The van der Waals surface area contributed by atoms with Crippen molar-refractivity contribution in [2.75, 3.05) is 13.1 Å². The Morgan fingerprint density at radius 2 is 1.79 bits per heavy atom. The van der Waals surface area contributed by atoms with Crippen LogP contribution >= 0.6 is 0 Å². The van der Waals surface area contributed by atoms with E-state index in [0.717, 1.165) is 6.42 Å². The summed E-state index contributed by atoms with van der Waals surface area (Å²) in [6.45, 7) is 5.58. The first kappa shape index (κ1) is 14.4. The van der Waals surface area contributed by atoms with Gasteiger partial charge in [0, 0.05) is 19.1 Å². The van der Waals surface area contributed by atoms with Crippen LogP contribution < -0.4 is 0 Å². The van der Waals surface area contributed by atoms with Crippen LogP contribution in [0.2, 0.25) is 0 Å². The van der Waals surface area contributed by atoms with Crippen molar-refractivity contribution in [1.82, 2.24) is 4.90 Å². The van der Waals surface area contributed by atoms with E-state index in [2.05, 4.69) is 18.7 Å². The first-order valence-corrected chi connectivity index (χ1v) is 6.89. The third-order valence-corrected chi connectivity index (χ3v) is 4.27. The van der Waals surface area contributed by atoms with Gasteiger partial charge in [0.2, 0.25) is 0 Å². The van der Waals surface area contributed by atoms with E-state index in [9.17, 15) is 13.9 Å². The van der Waals surface area contributed by atoms with Gasteiger partial charge in [0.05, 0.1) is 11.2 Å². The van der Waals surface area contributed by atoms with E-state index >= 15 is 0 Å². The predicted octanol–water partition coefficient (Wildman–Crippen LogP) is 3.05. The minimum atomic E-state index is -1.38. The number of benzene rings is 1. The lowest BCUT2D eigenvalue weighted by Gasteiger charge is -2.41. The number of likely N-dealkylation sites (tertiary alicyclic amines) is 1. The van der Waals surface area contributed by atoms with Crippen molar-refractivity contribution >= 4 is 0 Å². The van der Waals surface area contributed by atoms with E-state index in [0.29, 0.717) is 32.0 Å². The molecular weight excluding hydrogens is 248 g/mol. The number of hydrogen-bond donors (Lipinski definition) is 1. The first-order chi connectivity index (χ1) is 8.98. The topological polar surface area (TPSA) is 23.5 Å². The molecule has 0 radical (unpaired) electrons. The Hall–Kier alpha value is -1.00. The molecule has 1 aliphatic rings. The van der Waals surface area contributed by atoms with Crippen LogP contribution in [0.4, 0.5) is 8.78 Å². The van der Waals surface area contributed by atoms with Crippen molar-refractivity contribution in [2.24, 2.45) is 0 Å². The average Bonchev–Trinajstić information content (AvgIpc) is 2.38. The molecule has 1 aliphatic heterocycles. The fraction of sp³-hybridized carbons (Fsp3) is 0.600. The van der Waals surface area contributed by atoms with Gasteiger partial charge in [0.15, 0.2) is 0 Å². The predicted molar refractivity (Wildman–Crippen MR) is 70.8 cm³/mol. The summed E-state index contributed by atoms with van der Waals surface area (Å²) in [5, 5.41) is 10.6. The molecule has 1 heterocycles. The molecule has 1 N–H and O–H groups in total. The Morgan fingerprint density at radius 3 is 2.26 bits per heavy atom. The summed E-state index contributed by atoms with van der Waals surface area (Å²) in [7, 11) is 0. The van der Waals surface area contributed by atoms with Gasteiger partial charge in [-0.25, -0.2) is 8.78 Å². The molecule has 1 fully saturated rings. The molecule has 0 amide bonds. The van der Waals surface area contributed by atoms with Crippen molar-refractivity contribution < 1.29 is 13.9 Å². The Bertz CT molecular complexity index is 422. The Kier molecular flexibility index (Phi) is 4.21. The molecule has 1 atom stereocenters. The number of piperidine rings is 1. The largest absolute Gasteiger partial charge is 0.385 e. The molecule has 0 bridgehead atoms. The van der Waals surface area contributed by atoms with Crippen molar-refractivity contribution in [2.45, 2.75) is 44.8 Å². The van der Waals surface area contributed by atoms with Crippen molar-refractivity contribution in [3.63, 3.8) is 0 Å². The molecule has 0 saturated carbocycles. The van der Waals surface area contributed by atoms with E-state index in [1.165, 1.54) is 18.2 Å². The van der Waals surface area contributed by atoms with Gasteiger partial charge in [0.25, 0.3) is 0 Å². The maximum Gasteiger partial charge on any atom is 0.132 e. The van der Waals surface area contributed by atoms with Crippen molar-refractivity contribution in [1.29, 1.82) is 0 Å². The second kappa shape index (κ2) is 5.55. The molecule has 2 nitrogen and oxygen atoms in total. The standard InChI is InChI=1S/C15H21F2NO/c1-3-11(2)18-9-7-15(19,8-10-18)14-12(16)5-4-6-13(14)17/h4-6,11,19H,3,7-10H2,1-2H3. The third-order valence-electron chi connectivity index (χ3n) is 4.27. The van der Waals surface area contributed by atoms with E-state index in [1.807, 2.05) is 0 Å². The highest BCUT2D eigenvalue weighted by molar-refractivity contribution is 5.27. The Balaban J connectivity index is 2.18. The fourth-order valence-electron chi connectivity index (χ4n) is 2.79. The number of rotatable bonds is 3. The molecule has 4 heteroatoms. The number of nitrogens with zero attached hydrogens (tertiary/aromatic N) is 1. The summed E-state index contributed by atoms with van der Waals surface area (Å²) in [5.74, 6) is -1.31. The van der Waals surface area contributed by atoms with Gasteiger partial charge in [0.1, 0.15) is 11.6 Å². The van der Waals surface area contributed by atoms with Gasteiger partial charge in [-0.3, -0.25) is 0 Å². The van der Waals surface area contributed by atoms with Gasteiger partial charge in [-0.15, -0.1) is 0 Å². The van der Waals surface area contributed by atoms with Crippen molar-refractivity contribution in [3.8, 4) is 0 Å². The van der Waals surface area contributed by atoms with Gasteiger partial charge in [-0.1, -0.05) is 13.0 Å². The van der Waals surface area contributed by atoms with Crippen LogP contribution in [0, 0.1) is 11.6 Å². The lowest BCUT2D eigenvalue weighted by Crippen LogP contribution is -2.46. The maximum absolute atomic E-state index is 13.8. The zero-order valence-corrected chi connectivity index (χ0v) is 11.5. The lowest BCUT2D eigenvalue weighted by molar-refractivity contribution is -0.0391. The van der Waals surface area contributed by atoms with Crippen LogP contribution in [0.15, 0.2) is 18.2 Å². The highest BCUT2D eigenvalue weighted by atomic mass is 19.1. The van der Waals surface area contributed by atoms with Gasteiger partial charge in [-0.05, 0) is 38.3 Å². The minimum absolute atomic E-state index is 0.168. The van der Waals surface area contributed by atoms with Gasteiger partial charge in [-0.2, -0.15) is 0 Å². The summed E-state index contributed by atoms with van der Waals surface area (Å²) in [6.07, 6.45) is 1.77. The molecule has 1 saturated heterocycles. The molecular formula is C15H21F2NO. The normalized spacial score (nSPS) is 21.3. The van der Waals surface area contributed by atoms with Crippen LogP contribution in [0.1, 0.15) is 38.7 Å². The smallest absolute Gasteiger partial charge is 0.132 e. The van der Waals surface area contributed by atoms with E-state index < -0.39 is 17.2 Å². The van der Waals surface area contributed by atoms with E-state index in [1.54, 1.807) is 0 Å². The van der Waals surface area contributed by atoms with Gasteiger partial charge < -0.3 is 10.0 Å². The average molecular weight is 269 g/mol. The molecule has 1 unspecified atom stereocenters. The maximum atomic E-state index is 13.8. The number of hydrogen-bond acceptors (Lipinski definition) is 2. The zero-order chi connectivity index (χ0) is 14.0. The van der Waals surface area contributed by atoms with Crippen LogP contribution in [0.3, 0.4) is 0 Å².